The first-order valence-corrected chi connectivity index (χ1v) is 9.70. The third kappa shape index (κ3) is 2.79. The van der Waals surface area contributed by atoms with Crippen molar-refractivity contribution in [3.63, 3.8) is 0 Å². The van der Waals surface area contributed by atoms with E-state index < -0.39 is 5.41 Å². The van der Waals surface area contributed by atoms with Crippen LogP contribution in [0.4, 0.5) is 0 Å². The molecular weight excluding hydrogens is 356 g/mol. The van der Waals surface area contributed by atoms with Gasteiger partial charge >= 0.3 is 0 Å². The fourth-order valence-electron chi connectivity index (χ4n) is 4.70. The maximum atomic E-state index is 12.6. The van der Waals surface area contributed by atoms with E-state index in [1.54, 1.807) is 20.2 Å². The molecule has 0 saturated heterocycles. The van der Waals surface area contributed by atoms with Gasteiger partial charge in [0.15, 0.2) is 0 Å². The molecule has 1 aromatic rings. The number of benzene rings is 1. The average Bonchev–Trinajstić information content (AvgIpc) is 3.49. The first-order chi connectivity index (χ1) is 13.4. The summed E-state index contributed by atoms with van der Waals surface area (Å²) in [5, 5.41) is 2.68. The van der Waals surface area contributed by atoms with Crippen LogP contribution in [0, 0.1) is 11.3 Å². The van der Waals surface area contributed by atoms with Crippen molar-refractivity contribution in [2.75, 3.05) is 14.2 Å². The fraction of sp³-hybridized carbons (Fsp3) is 0.455. The Morgan fingerprint density at radius 2 is 2.07 bits per heavy atom. The Kier molecular flexibility index (Phi) is 4.44. The second-order valence-electron chi connectivity index (χ2n) is 7.92. The Labute approximate surface area is 164 Å². The number of carbonyl (C=O) groups is 2. The minimum atomic E-state index is -0.828. The summed E-state index contributed by atoms with van der Waals surface area (Å²) >= 11 is 0. The van der Waals surface area contributed by atoms with Crippen LogP contribution < -0.4 is 15.8 Å². The lowest BCUT2D eigenvalue weighted by atomic mass is 9.68. The SMILES string of the molecule is CNC(=O)C1=CC(C(N)=O)(C2CC2)CC2=C1OC(C)C2c1cccc(OC)c1. The van der Waals surface area contributed by atoms with Crippen LogP contribution in [-0.2, 0) is 14.3 Å². The number of likely N-dealkylation sites (N-methyl/N-ethyl adjacent to an activating group) is 1. The summed E-state index contributed by atoms with van der Waals surface area (Å²) in [4.78, 5) is 25.2. The van der Waals surface area contributed by atoms with Gasteiger partial charge < -0.3 is 20.5 Å². The summed E-state index contributed by atoms with van der Waals surface area (Å²) in [7, 11) is 3.22. The minimum Gasteiger partial charge on any atom is -0.497 e. The molecule has 0 aromatic heterocycles. The summed E-state index contributed by atoms with van der Waals surface area (Å²) < 4.78 is 11.6. The van der Waals surface area contributed by atoms with Crippen LogP contribution in [0.15, 0.2) is 47.2 Å². The number of primary amides is 1. The molecule has 148 valence electrons. The van der Waals surface area contributed by atoms with Crippen LogP contribution in [0.5, 0.6) is 5.75 Å². The standard InChI is InChI=1S/C22H26N2O4/c1-12-18(13-5-4-6-15(9-13)27-3)16-10-22(21(23)26,14-7-8-14)11-17(19(16)28-12)20(25)24-2/h4-6,9,11-12,14,18H,7-8,10H2,1-3H3,(H2,23,26)(H,24,25). The highest BCUT2D eigenvalue weighted by atomic mass is 16.5. The Morgan fingerprint density at radius 3 is 2.68 bits per heavy atom. The van der Waals surface area contributed by atoms with E-state index in [2.05, 4.69) is 5.32 Å². The van der Waals surface area contributed by atoms with Crippen molar-refractivity contribution >= 4 is 11.8 Å². The number of hydrogen-bond donors (Lipinski definition) is 2. The maximum absolute atomic E-state index is 12.6. The third-order valence-electron chi connectivity index (χ3n) is 6.26. The molecule has 1 aliphatic heterocycles. The molecule has 3 atom stereocenters. The van der Waals surface area contributed by atoms with Gasteiger partial charge in [-0.2, -0.15) is 0 Å². The predicted octanol–water partition coefficient (Wildman–Crippen LogP) is 2.41. The van der Waals surface area contributed by atoms with Crippen molar-refractivity contribution in [1.29, 1.82) is 0 Å². The largest absolute Gasteiger partial charge is 0.497 e. The molecule has 0 spiro atoms. The van der Waals surface area contributed by atoms with E-state index in [1.807, 2.05) is 31.2 Å². The fourth-order valence-corrected chi connectivity index (χ4v) is 4.70. The molecule has 1 heterocycles. The Hall–Kier alpha value is -2.76. The second-order valence-corrected chi connectivity index (χ2v) is 7.92. The summed E-state index contributed by atoms with van der Waals surface area (Å²) in [6.07, 6.45) is 4.00. The number of amides is 2. The Morgan fingerprint density at radius 1 is 1.32 bits per heavy atom. The van der Waals surface area contributed by atoms with E-state index in [-0.39, 0.29) is 29.8 Å². The number of rotatable bonds is 5. The lowest BCUT2D eigenvalue weighted by Crippen LogP contribution is -2.41. The third-order valence-corrected chi connectivity index (χ3v) is 6.26. The van der Waals surface area contributed by atoms with Crippen molar-refractivity contribution in [1.82, 2.24) is 5.32 Å². The highest BCUT2D eigenvalue weighted by Crippen LogP contribution is 2.57. The topological polar surface area (TPSA) is 90.7 Å². The molecule has 0 radical (unpaired) electrons. The Balaban J connectivity index is 1.85. The van der Waals surface area contributed by atoms with E-state index in [1.165, 1.54) is 0 Å². The molecule has 1 aromatic carbocycles. The van der Waals surface area contributed by atoms with Gasteiger partial charge in [0.1, 0.15) is 17.6 Å². The molecule has 28 heavy (non-hydrogen) atoms. The monoisotopic (exact) mass is 382 g/mol. The second kappa shape index (κ2) is 6.69. The van der Waals surface area contributed by atoms with Crippen LogP contribution in [-0.4, -0.2) is 32.1 Å². The van der Waals surface area contributed by atoms with Crippen molar-refractivity contribution in [3.8, 4) is 5.75 Å². The zero-order chi connectivity index (χ0) is 20.1. The summed E-state index contributed by atoms with van der Waals surface area (Å²) in [5.74, 6) is 0.859. The molecule has 6 nitrogen and oxygen atoms in total. The van der Waals surface area contributed by atoms with E-state index in [0.29, 0.717) is 17.8 Å². The molecule has 1 fully saturated rings. The number of carbonyl (C=O) groups excluding carboxylic acids is 2. The van der Waals surface area contributed by atoms with Gasteiger partial charge in [0.2, 0.25) is 5.91 Å². The highest BCUT2D eigenvalue weighted by molar-refractivity contribution is 6.00. The van der Waals surface area contributed by atoms with Gasteiger partial charge in [-0.05, 0) is 55.4 Å². The lowest BCUT2D eigenvalue weighted by Gasteiger charge is -2.33. The molecular formula is C22H26N2O4. The summed E-state index contributed by atoms with van der Waals surface area (Å²) in [6.45, 7) is 1.99. The average molecular weight is 382 g/mol. The molecule has 4 rings (SSSR count). The molecule has 3 unspecified atom stereocenters. The quantitative estimate of drug-likeness (QED) is 0.818. The van der Waals surface area contributed by atoms with E-state index in [0.717, 1.165) is 29.7 Å². The lowest BCUT2D eigenvalue weighted by molar-refractivity contribution is -0.126. The van der Waals surface area contributed by atoms with Crippen molar-refractivity contribution in [2.24, 2.45) is 17.1 Å². The minimum absolute atomic E-state index is 0.0593. The zero-order valence-corrected chi connectivity index (χ0v) is 16.5. The first kappa shape index (κ1) is 18.6. The predicted molar refractivity (Wildman–Crippen MR) is 104 cm³/mol. The van der Waals surface area contributed by atoms with Crippen molar-refractivity contribution < 1.29 is 19.1 Å². The molecule has 2 aliphatic carbocycles. The van der Waals surface area contributed by atoms with Gasteiger partial charge in [-0.15, -0.1) is 0 Å². The number of ether oxygens (including phenoxy) is 2. The Bertz CT molecular complexity index is 900. The van der Waals surface area contributed by atoms with Crippen LogP contribution in [0.1, 0.15) is 37.7 Å². The molecule has 3 N–H and O–H groups in total. The van der Waals surface area contributed by atoms with Gasteiger partial charge in [-0.3, -0.25) is 9.59 Å². The maximum Gasteiger partial charge on any atom is 0.254 e. The summed E-state index contributed by atoms with van der Waals surface area (Å²) in [6, 6.07) is 7.86. The number of nitrogens with two attached hydrogens (primary N) is 1. The molecule has 0 bridgehead atoms. The number of hydrogen-bond acceptors (Lipinski definition) is 4. The van der Waals surface area contributed by atoms with Gasteiger partial charge in [0.05, 0.1) is 18.1 Å². The highest BCUT2D eigenvalue weighted by Gasteiger charge is 2.54. The van der Waals surface area contributed by atoms with Gasteiger partial charge in [0, 0.05) is 13.0 Å². The first-order valence-electron chi connectivity index (χ1n) is 9.70. The summed E-state index contributed by atoms with van der Waals surface area (Å²) in [5.41, 5.74) is 7.51. The van der Waals surface area contributed by atoms with Gasteiger partial charge in [0.25, 0.3) is 5.91 Å². The van der Waals surface area contributed by atoms with Crippen LogP contribution in [0.25, 0.3) is 0 Å². The van der Waals surface area contributed by atoms with Crippen LogP contribution in [0.3, 0.4) is 0 Å². The molecule has 2 amide bonds. The van der Waals surface area contributed by atoms with E-state index in [4.69, 9.17) is 15.2 Å². The van der Waals surface area contributed by atoms with Crippen LogP contribution in [0.2, 0.25) is 0 Å². The zero-order valence-electron chi connectivity index (χ0n) is 16.5. The normalized spacial score (nSPS) is 28.9. The van der Waals surface area contributed by atoms with Gasteiger partial charge in [-0.1, -0.05) is 18.2 Å². The van der Waals surface area contributed by atoms with Crippen molar-refractivity contribution in [3.05, 3.63) is 52.8 Å². The van der Waals surface area contributed by atoms with Crippen LogP contribution >= 0.6 is 0 Å². The smallest absolute Gasteiger partial charge is 0.254 e. The number of nitrogens with one attached hydrogen (secondary N) is 1. The van der Waals surface area contributed by atoms with E-state index >= 15 is 0 Å². The molecule has 1 saturated carbocycles. The molecule has 3 aliphatic rings. The number of methoxy groups -OCH3 is 1. The van der Waals surface area contributed by atoms with Crippen molar-refractivity contribution in [2.45, 2.75) is 38.2 Å². The van der Waals surface area contributed by atoms with Gasteiger partial charge in [-0.25, -0.2) is 0 Å². The van der Waals surface area contributed by atoms with E-state index in [9.17, 15) is 9.59 Å². The molecule has 6 heteroatoms.